The maximum Gasteiger partial charge on any atom is 0.157 e. The molecule has 1 radical (unpaired) electrons. The zero-order valence-electron chi connectivity index (χ0n) is 17.5. The van der Waals surface area contributed by atoms with Crippen molar-refractivity contribution in [3.8, 4) is 0 Å². The second-order valence-electron chi connectivity index (χ2n) is 8.37. The number of aromatic amines is 1. The van der Waals surface area contributed by atoms with Crippen LogP contribution in [0.4, 0.5) is 0 Å². The molecule has 0 amide bonds. The van der Waals surface area contributed by atoms with Gasteiger partial charge in [-0.3, -0.25) is 0 Å². The van der Waals surface area contributed by atoms with Gasteiger partial charge in [0.2, 0.25) is 0 Å². The number of allylic oxidation sites excluding steroid dienone is 3. The Morgan fingerprint density at radius 1 is 1.17 bits per heavy atom. The van der Waals surface area contributed by atoms with Crippen molar-refractivity contribution in [1.82, 2.24) is 24.8 Å². The molecule has 5 rings (SSSR count). The summed E-state index contributed by atoms with van der Waals surface area (Å²) in [6.45, 7) is 7.49. The van der Waals surface area contributed by atoms with Gasteiger partial charge in [-0.25, -0.2) is 15.0 Å². The monoisotopic (exact) mass is 418 g/mol. The molecule has 153 valence electrons. The lowest BCUT2D eigenvalue weighted by Gasteiger charge is -2.32. The molecular formula is C24H25ClN5. The fourth-order valence-corrected chi connectivity index (χ4v) is 4.75. The van der Waals surface area contributed by atoms with Crippen molar-refractivity contribution in [2.45, 2.75) is 39.7 Å². The number of fused-ring (bicyclic) bond motifs is 1. The number of imidazole rings is 1. The first kappa shape index (κ1) is 19.3. The van der Waals surface area contributed by atoms with E-state index in [1.54, 1.807) is 0 Å². The number of nitrogens with one attached hydrogen (secondary N) is 1. The molecule has 1 fully saturated rings. The van der Waals surface area contributed by atoms with E-state index in [4.69, 9.17) is 16.6 Å². The molecule has 6 heteroatoms. The van der Waals surface area contributed by atoms with Crippen LogP contribution in [0.5, 0.6) is 0 Å². The first-order chi connectivity index (χ1) is 14.5. The standard InChI is InChI=1S/C24H25ClN5/c1-14-5-6-17(23-26-10-4-11-27-23)20(13-14)30-12-9-15(2)22(30)24-28-19-8-7-18(25)16(3)21(19)29-24/h4,6-8,10-11,13,15,22H,5,9,12H2,1-3H3,(H,28,29)/t15-,22-/m0/s1. The zero-order chi connectivity index (χ0) is 20.8. The normalized spacial score (nSPS) is 22.1. The molecule has 0 saturated carbocycles. The number of nitrogens with zero attached hydrogens (tertiary/aromatic N) is 4. The van der Waals surface area contributed by atoms with Gasteiger partial charge in [-0.15, -0.1) is 0 Å². The van der Waals surface area contributed by atoms with Crippen LogP contribution in [-0.2, 0) is 0 Å². The second kappa shape index (κ2) is 7.55. The minimum atomic E-state index is 0.167. The molecule has 2 aromatic heterocycles. The van der Waals surface area contributed by atoms with E-state index in [2.05, 4.69) is 46.2 Å². The Kier molecular flexibility index (Phi) is 4.86. The van der Waals surface area contributed by atoms with E-state index < -0.39 is 0 Å². The van der Waals surface area contributed by atoms with Gasteiger partial charge in [0.05, 0.1) is 17.1 Å². The summed E-state index contributed by atoms with van der Waals surface area (Å²) >= 11 is 6.34. The lowest BCUT2D eigenvalue weighted by atomic mass is 9.94. The van der Waals surface area contributed by atoms with Crippen molar-refractivity contribution in [2.24, 2.45) is 5.92 Å². The van der Waals surface area contributed by atoms with Crippen LogP contribution in [0, 0.1) is 19.3 Å². The Hall–Kier alpha value is -2.66. The molecule has 30 heavy (non-hydrogen) atoms. The van der Waals surface area contributed by atoms with E-state index in [1.165, 1.54) is 11.3 Å². The second-order valence-corrected chi connectivity index (χ2v) is 8.77. The van der Waals surface area contributed by atoms with Gasteiger partial charge in [0.15, 0.2) is 5.82 Å². The van der Waals surface area contributed by atoms with Gasteiger partial charge >= 0.3 is 0 Å². The van der Waals surface area contributed by atoms with E-state index >= 15 is 0 Å². The van der Waals surface area contributed by atoms with Gasteiger partial charge in [0.25, 0.3) is 0 Å². The molecule has 1 aliphatic heterocycles. The first-order valence-electron chi connectivity index (χ1n) is 10.5. The van der Waals surface area contributed by atoms with E-state index in [1.807, 2.05) is 37.5 Å². The number of hydrogen-bond donors (Lipinski definition) is 1. The molecule has 2 aliphatic rings. The highest BCUT2D eigenvalue weighted by Gasteiger charge is 2.37. The Balaban J connectivity index is 1.63. The van der Waals surface area contributed by atoms with E-state index in [0.29, 0.717) is 5.92 Å². The van der Waals surface area contributed by atoms with Gasteiger partial charge in [-0.1, -0.05) is 24.1 Å². The summed E-state index contributed by atoms with van der Waals surface area (Å²) in [7, 11) is 0. The number of H-pyrrole nitrogens is 1. The molecule has 0 bridgehead atoms. The summed E-state index contributed by atoms with van der Waals surface area (Å²) in [5, 5.41) is 0.753. The van der Waals surface area contributed by atoms with Crippen LogP contribution in [0.25, 0.3) is 16.6 Å². The maximum atomic E-state index is 6.34. The van der Waals surface area contributed by atoms with Gasteiger partial charge in [-0.05, 0) is 62.4 Å². The highest BCUT2D eigenvalue weighted by molar-refractivity contribution is 6.32. The van der Waals surface area contributed by atoms with Crippen LogP contribution in [0.3, 0.4) is 0 Å². The molecule has 1 aromatic carbocycles. The number of halogens is 1. The van der Waals surface area contributed by atoms with Crippen molar-refractivity contribution in [2.75, 3.05) is 6.54 Å². The highest BCUT2D eigenvalue weighted by Crippen LogP contribution is 2.43. The summed E-state index contributed by atoms with van der Waals surface area (Å²) in [6.07, 6.45) is 10.2. The minimum absolute atomic E-state index is 0.167. The van der Waals surface area contributed by atoms with Crippen LogP contribution in [-0.4, -0.2) is 31.4 Å². The van der Waals surface area contributed by atoms with E-state index in [-0.39, 0.29) is 6.04 Å². The molecule has 1 N–H and O–H groups in total. The van der Waals surface area contributed by atoms with E-state index in [0.717, 1.165) is 58.2 Å². The minimum Gasteiger partial charge on any atom is -0.361 e. The molecule has 1 aliphatic carbocycles. The Labute approximate surface area is 181 Å². The molecule has 5 nitrogen and oxygen atoms in total. The lowest BCUT2D eigenvalue weighted by Crippen LogP contribution is -2.27. The fraction of sp³-hybridized carbons (Fsp3) is 0.333. The van der Waals surface area contributed by atoms with Crippen molar-refractivity contribution in [3.63, 3.8) is 0 Å². The number of benzene rings is 1. The number of aryl methyl sites for hydroxylation is 1. The first-order valence-corrected chi connectivity index (χ1v) is 10.8. The van der Waals surface area contributed by atoms with E-state index in [9.17, 15) is 0 Å². The maximum absolute atomic E-state index is 6.34. The zero-order valence-corrected chi connectivity index (χ0v) is 18.2. The molecule has 0 unspecified atom stereocenters. The molecule has 3 aromatic rings. The summed E-state index contributed by atoms with van der Waals surface area (Å²) < 4.78 is 0. The van der Waals surface area contributed by atoms with Gasteiger partial charge < -0.3 is 9.88 Å². The molecule has 2 atom stereocenters. The van der Waals surface area contributed by atoms with Crippen molar-refractivity contribution >= 4 is 28.2 Å². The SMILES string of the molecule is CC1=CC(N2CC[C@H](C)[C@H]2c2nc3c(C)c(Cl)ccc3[nH]2)=C(c2ncccn2)[CH]C1. The third-order valence-electron chi connectivity index (χ3n) is 6.24. The average molecular weight is 419 g/mol. The Morgan fingerprint density at radius 3 is 2.77 bits per heavy atom. The summed E-state index contributed by atoms with van der Waals surface area (Å²) in [5.41, 5.74) is 6.65. The topological polar surface area (TPSA) is 57.7 Å². The summed E-state index contributed by atoms with van der Waals surface area (Å²) in [5.74, 6) is 2.25. The summed E-state index contributed by atoms with van der Waals surface area (Å²) in [6, 6.07) is 5.98. The predicted molar refractivity (Wildman–Crippen MR) is 121 cm³/mol. The largest absolute Gasteiger partial charge is 0.361 e. The number of rotatable bonds is 3. The molecular weight excluding hydrogens is 394 g/mol. The third-order valence-corrected chi connectivity index (χ3v) is 6.65. The smallest absolute Gasteiger partial charge is 0.157 e. The predicted octanol–water partition coefficient (Wildman–Crippen LogP) is 5.66. The third kappa shape index (κ3) is 3.21. The summed E-state index contributed by atoms with van der Waals surface area (Å²) in [4.78, 5) is 20.1. The van der Waals surface area contributed by atoms with Crippen LogP contribution in [0.15, 0.2) is 47.9 Å². The van der Waals surface area contributed by atoms with Crippen LogP contribution in [0.2, 0.25) is 5.02 Å². The van der Waals surface area contributed by atoms with Crippen LogP contribution >= 0.6 is 11.6 Å². The average Bonchev–Trinajstić information content (AvgIpc) is 3.35. The van der Waals surface area contributed by atoms with Crippen LogP contribution in [0.1, 0.15) is 49.9 Å². The quantitative estimate of drug-likeness (QED) is 0.595. The van der Waals surface area contributed by atoms with Crippen LogP contribution < -0.4 is 0 Å². The Bertz CT molecular complexity index is 1160. The molecule has 3 heterocycles. The lowest BCUT2D eigenvalue weighted by molar-refractivity contribution is 0.292. The molecule has 1 saturated heterocycles. The van der Waals surface area contributed by atoms with Gasteiger partial charge in [0.1, 0.15) is 5.82 Å². The van der Waals surface area contributed by atoms with Gasteiger partial charge in [0, 0.05) is 41.7 Å². The van der Waals surface area contributed by atoms with Crippen molar-refractivity contribution < 1.29 is 0 Å². The number of hydrogen-bond acceptors (Lipinski definition) is 4. The van der Waals surface area contributed by atoms with Crippen molar-refractivity contribution in [1.29, 1.82) is 0 Å². The highest BCUT2D eigenvalue weighted by atomic mass is 35.5. The van der Waals surface area contributed by atoms with Crippen molar-refractivity contribution in [3.05, 3.63) is 76.6 Å². The fourth-order valence-electron chi connectivity index (χ4n) is 4.60. The Morgan fingerprint density at radius 2 is 1.97 bits per heavy atom. The van der Waals surface area contributed by atoms with Gasteiger partial charge in [-0.2, -0.15) is 0 Å². The number of aromatic nitrogens is 4. The molecule has 0 spiro atoms. The number of likely N-dealkylation sites (tertiary alicyclic amines) is 1.